The third-order valence-electron chi connectivity index (χ3n) is 3.35. The lowest BCUT2D eigenvalue weighted by Crippen LogP contribution is -2.14. The van der Waals surface area contributed by atoms with E-state index in [0.29, 0.717) is 16.0 Å². The molecular formula is C16H11Cl2N5O3S. The number of anilines is 1. The molecule has 1 amide bonds. The normalized spacial score (nSPS) is 10.6. The summed E-state index contributed by atoms with van der Waals surface area (Å²) < 4.78 is 0. The summed E-state index contributed by atoms with van der Waals surface area (Å²) in [6.07, 6.45) is 0. The van der Waals surface area contributed by atoms with Crippen molar-refractivity contribution in [3.05, 3.63) is 62.6 Å². The lowest BCUT2D eigenvalue weighted by Gasteiger charge is -2.06. The van der Waals surface area contributed by atoms with Gasteiger partial charge in [-0.1, -0.05) is 35.0 Å². The number of non-ortho nitro benzene ring substituents is 1. The molecule has 0 bridgehead atoms. The number of carbonyl (C=O) groups excluding carboxylic acids is 1. The van der Waals surface area contributed by atoms with Crippen LogP contribution in [0.4, 0.5) is 11.4 Å². The van der Waals surface area contributed by atoms with Gasteiger partial charge in [0.1, 0.15) is 0 Å². The largest absolute Gasteiger partial charge is 0.324 e. The Morgan fingerprint density at radius 3 is 2.67 bits per heavy atom. The fraction of sp³-hybridized carbons (Fsp3) is 0.0625. The van der Waals surface area contributed by atoms with Crippen LogP contribution in [0.3, 0.4) is 0 Å². The highest BCUT2D eigenvalue weighted by Crippen LogP contribution is 2.27. The van der Waals surface area contributed by atoms with Crippen molar-refractivity contribution < 1.29 is 9.72 Å². The van der Waals surface area contributed by atoms with Crippen molar-refractivity contribution in [1.29, 1.82) is 0 Å². The Balaban J connectivity index is 1.61. The second-order valence-electron chi connectivity index (χ2n) is 5.23. The van der Waals surface area contributed by atoms with Crippen molar-refractivity contribution in [2.24, 2.45) is 0 Å². The molecule has 3 aromatic rings. The van der Waals surface area contributed by atoms with Crippen molar-refractivity contribution in [2.45, 2.75) is 5.16 Å². The van der Waals surface area contributed by atoms with Gasteiger partial charge in [0.15, 0.2) is 5.82 Å². The average Bonchev–Trinajstić information content (AvgIpc) is 3.11. The molecule has 3 rings (SSSR count). The quantitative estimate of drug-likeness (QED) is 0.344. The standard InChI is InChI=1S/C16H11Cl2N5O3S/c17-10-3-1-9(2-4-10)15-20-16(22-21-15)27-8-14(24)19-13-7-11(23(25)26)5-6-12(13)18/h1-7H,8H2,(H,19,24)(H,20,21,22). The number of rotatable bonds is 6. The predicted octanol–water partition coefficient (Wildman–Crippen LogP) is 4.42. The molecule has 2 N–H and O–H groups in total. The summed E-state index contributed by atoms with van der Waals surface area (Å²) in [5, 5.41) is 21.4. The van der Waals surface area contributed by atoms with Gasteiger partial charge >= 0.3 is 0 Å². The number of aromatic nitrogens is 3. The van der Waals surface area contributed by atoms with Crippen molar-refractivity contribution in [2.75, 3.05) is 11.1 Å². The summed E-state index contributed by atoms with van der Waals surface area (Å²) in [4.78, 5) is 26.6. The molecule has 8 nitrogen and oxygen atoms in total. The molecule has 27 heavy (non-hydrogen) atoms. The number of carbonyl (C=O) groups is 1. The minimum absolute atomic E-state index is 0.0108. The monoisotopic (exact) mass is 423 g/mol. The third kappa shape index (κ3) is 4.97. The maximum absolute atomic E-state index is 12.1. The molecular weight excluding hydrogens is 413 g/mol. The smallest absolute Gasteiger partial charge is 0.271 e. The molecule has 1 heterocycles. The zero-order valence-corrected chi connectivity index (χ0v) is 15.8. The van der Waals surface area contributed by atoms with E-state index in [1.807, 2.05) is 0 Å². The highest BCUT2D eigenvalue weighted by atomic mass is 35.5. The van der Waals surface area contributed by atoms with Crippen LogP contribution in [0.25, 0.3) is 11.4 Å². The molecule has 0 saturated carbocycles. The third-order valence-corrected chi connectivity index (χ3v) is 4.78. The number of nitrogens with one attached hydrogen (secondary N) is 2. The average molecular weight is 424 g/mol. The number of hydrogen-bond donors (Lipinski definition) is 2. The molecule has 0 fully saturated rings. The molecule has 11 heteroatoms. The molecule has 0 radical (unpaired) electrons. The molecule has 1 aromatic heterocycles. The van der Waals surface area contributed by atoms with Gasteiger partial charge in [0, 0.05) is 22.7 Å². The zero-order valence-electron chi connectivity index (χ0n) is 13.5. The number of nitro benzene ring substituents is 1. The van der Waals surface area contributed by atoms with Crippen LogP contribution in [0.1, 0.15) is 0 Å². The second kappa shape index (κ2) is 8.38. The van der Waals surface area contributed by atoms with Gasteiger partial charge in [-0.3, -0.25) is 20.0 Å². The van der Waals surface area contributed by atoms with Gasteiger partial charge in [0.25, 0.3) is 5.69 Å². The minimum Gasteiger partial charge on any atom is -0.324 e. The molecule has 2 aromatic carbocycles. The van der Waals surface area contributed by atoms with E-state index in [9.17, 15) is 14.9 Å². The Kier molecular flexibility index (Phi) is 5.94. The topological polar surface area (TPSA) is 114 Å². The highest BCUT2D eigenvalue weighted by Gasteiger charge is 2.13. The van der Waals surface area contributed by atoms with E-state index in [0.717, 1.165) is 17.3 Å². The van der Waals surface area contributed by atoms with Crippen molar-refractivity contribution in [3.63, 3.8) is 0 Å². The first-order valence-corrected chi connectivity index (χ1v) is 9.21. The Morgan fingerprint density at radius 2 is 1.96 bits per heavy atom. The number of nitrogens with zero attached hydrogens (tertiary/aromatic N) is 3. The minimum atomic E-state index is -0.563. The van der Waals surface area contributed by atoms with Gasteiger partial charge in [-0.15, -0.1) is 5.10 Å². The van der Waals surface area contributed by atoms with Crippen LogP contribution >= 0.6 is 35.0 Å². The van der Waals surface area contributed by atoms with Crippen LogP contribution in [0.2, 0.25) is 10.0 Å². The number of H-pyrrole nitrogens is 1. The molecule has 0 saturated heterocycles. The van der Waals surface area contributed by atoms with Gasteiger partial charge in [0.05, 0.1) is 21.4 Å². The number of halogens is 2. The fourth-order valence-electron chi connectivity index (χ4n) is 2.09. The van der Waals surface area contributed by atoms with E-state index in [-0.39, 0.29) is 28.1 Å². The van der Waals surface area contributed by atoms with Crippen molar-refractivity contribution in [3.8, 4) is 11.4 Å². The van der Waals surface area contributed by atoms with Crippen LogP contribution in [0, 0.1) is 10.1 Å². The van der Waals surface area contributed by atoms with E-state index in [4.69, 9.17) is 23.2 Å². The van der Waals surface area contributed by atoms with Gasteiger partial charge in [-0.2, -0.15) is 0 Å². The first-order chi connectivity index (χ1) is 12.9. The van der Waals surface area contributed by atoms with E-state index in [2.05, 4.69) is 20.5 Å². The summed E-state index contributed by atoms with van der Waals surface area (Å²) in [6, 6.07) is 10.9. The first-order valence-electron chi connectivity index (χ1n) is 7.47. The van der Waals surface area contributed by atoms with Crippen LogP contribution in [-0.4, -0.2) is 31.8 Å². The fourth-order valence-corrected chi connectivity index (χ4v) is 2.98. The summed E-state index contributed by atoms with van der Waals surface area (Å²) in [7, 11) is 0. The van der Waals surface area contributed by atoms with E-state index < -0.39 is 4.92 Å². The number of thioether (sulfide) groups is 1. The molecule has 0 aliphatic rings. The van der Waals surface area contributed by atoms with Crippen LogP contribution in [0.5, 0.6) is 0 Å². The van der Waals surface area contributed by atoms with E-state index in [1.165, 1.54) is 18.2 Å². The summed E-state index contributed by atoms with van der Waals surface area (Å²) in [5.41, 5.74) is 0.823. The predicted molar refractivity (Wildman–Crippen MR) is 104 cm³/mol. The first kappa shape index (κ1) is 19.2. The van der Waals surface area contributed by atoms with Crippen molar-refractivity contribution >= 4 is 52.2 Å². The molecule has 0 aliphatic carbocycles. The summed E-state index contributed by atoms with van der Waals surface area (Å²) in [6.45, 7) is 0. The maximum atomic E-state index is 12.1. The van der Waals surface area contributed by atoms with Crippen LogP contribution in [0.15, 0.2) is 47.6 Å². The zero-order chi connectivity index (χ0) is 19.4. The lowest BCUT2D eigenvalue weighted by molar-refractivity contribution is -0.384. The molecule has 0 unspecified atom stereocenters. The van der Waals surface area contributed by atoms with Crippen LogP contribution in [-0.2, 0) is 4.79 Å². The maximum Gasteiger partial charge on any atom is 0.271 e. The molecule has 0 atom stereocenters. The van der Waals surface area contributed by atoms with Gasteiger partial charge in [-0.05, 0) is 30.3 Å². The van der Waals surface area contributed by atoms with E-state index >= 15 is 0 Å². The molecule has 0 aliphatic heterocycles. The van der Waals surface area contributed by atoms with Crippen LogP contribution < -0.4 is 5.32 Å². The number of benzene rings is 2. The SMILES string of the molecule is O=C(CSc1n[nH]c(-c2ccc(Cl)cc2)n1)Nc1cc([N+](=O)[O-])ccc1Cl. The second-order valence-corrected chi connectivity index (χ2v) is 7.02. The highest BCUT2D eigenvalue weighted by molar-refractivity contribution is 7.99. The Hall–Kier alpha value is -2.62. The number of aromatic amines is 1. The van der Waals surface area contributed by atoms with Gasteiger partial charge in [-0.25, -0.2) is 4.98 Å². The summed E-state index contributed by atoms with van der Waals surface area (Å²) >= 11 is 12.9. The van der Waals surface area contributed by atoms with E-state index in [1.54, 1.807) is 24.3 Å². The Bertz CT molecular complexity index is 994. The Labute approximate surface area is 167 Å². The number of amides is 1. The van der Waals surface area contributed by atoms with Gasteiger partial charge < -0.3 is 5.32 Å². The number of nitro groups is 1. The summed E-state index contributed by atoms with van der Waals surface area (Å²) in [5.74, 6) is 0.174. The lowest BCUT2D eigenvalue weighted by atomic mass is 10.2. The van der Waals surface area contributed by atoms with Crippen molar-refractivity contribution in [1.82, 2.24) is 15.2 Å². The molecule has 0 spiro atoms. The molecule has 138 valence electrons. The number of hydrogen-bond acceptors (Lipinski definition) is 6. The Morgan fingerprint density at radius 1 is 1.22 bits per heavy atom. The van der Waals surface area contributed by atoms with Gasteiger partial charge in [0.2, 0.25) is 11.1 Å².